The van der Waals surface area contributed by atoms with Crippen LogP contribution in [0, 0.1) is 6.92 Å². The summed E-state index contributed by atoms with van der Waals surface area (Å²) in [5, 5.41) is 4.61. The largest absolute Gasteiger partial charge is 0.498 e. The Balaban J connectivity index is 1.97. The van der Waals surface area contributed by atoms with Crippen LogP contribution in [-0.4, -0.2) is 35.2 Å². The molecule has 0 unspecified atom stereocenters. The number of methoxy groups -OCH3 is 1. The predicted molar refractivity (Wildman–Crippen MR) is 90.6 cm³/mol. The zero-order valence-corrected chi connectivity index (χ0v) is 14.6. The van der Waals surface area contributed by atoms with Crippen molar-refractivity contribution >= 4 is 12.6 Å². The van der Waals surface area contributed by atoms with Gasteiger partial charge in [-0.05, 0) is 46.8 Å². The zero-order valence-electron chi connectivity index (χ0n) is 14.6. The fourth-order valence-corrected chi connectivity index (χ4v) is 2.62. The lowest BCUT2D eigenvalue weighted by molar-refractivity contribution is 0.00578. The number of benzene rings is 1. The van der Waals surface area contributed by atoms with Crippen molar-refractivity contribution in [1.82, 2.24) is 9.78 Å². The summed E-state index contributed by atoms with van der Waals surface area (Å²) in [4.78, 5) is 0. The molecule has 0 radical (unpaired) electrons. The molecule has 1 aliphatic rings. The van der Waals surface area contributed by atoms with E-state index in [0.29, 0.717) is 0 Å². The van der Waals surface area contributed by atoms with E-state index in [1.54, 1.807) is 7.11 Å². The predicted octanol–water partition coefficient (Wildman–Crippen LogP) is 2.49. The molecule has 0 amide bonds. The Morgan fingerprint density at radius 3 is 2.30 bits per heavy atom. The van der Waals surface area contributed by atoms with E-state index in [9.17, 15) is 0 Å². The van der Waals surface area contributed by atoms with Crippen molar-refractivity contribution in [3.8, 4) is 11.4 Å². The topological polar surface area (TPSA) is 45.5 Å². The molecule has 0 spiro atoms. The van der Waals surface area contributed by atoms with Crippen molar-refractivity contribution in [2.75, 3.05) is 7.11 Å². The van der Waals surface area contributed by atoms with Crippen LogP contribution in [0.2, 0.25) is 0 Å². The van der Waals surface area contributed by atoms with E-state index in [0.717, 1.165) is 22.6 Å². The Labute approximate surface area is 137 Å². The lowest BCUT2D eigenvalue weighted by Gasteiger charge is -2.32. The molecule has 5 nitrogen and oxygen atoms in total. The molecule has 0 N–H and O–H groups in total. The van der Waals surface area contributed by atoms with Crippen LogP contribution in [0.4, 0.5) is 0 Å². The minimum Gasteiger partial charge on any atom is -0.494 e. The minimum absolute atomic E-state index is 0.364. The highest BCUT2D eigenvalue weighted by Gasteiger charge is 2.52. The van der Waals surface area contributed by atoms with Crippen molar-refractivity contribution < 1.29 is 14.0 Å². The number of para-hydroxylation sites is 2. The lowest BCUT2D eigenvalue weighted by atomic mass is 9.79. The first kappa shape index (κ1) is 16.1. The average molecular weight is 314 g/mol. The van der Waals surface area contributed by atoms with E-state index in [4.69, 9.17) is 14.0 Å². The molecule has 0 saturated carbocycles. The molecule has 23 heavy (non-hydrogen) atoms. The first-order valence-electron chi connectivity index (χ1n) is 7.80. The fourth-order valence-electron chi connectivity index (χ4n) is 2.62. The van der Waals surface area contributed by atoms with Crippen LogP contribution in [0.25, 0.3) is 5.69 Å². The quantitative estimate of drug-likeness (QED) is 0.817. The Morgan fingerprint density at radius 2 is 1.70 bits per heavy atom. The van der Waals surface area contributed by atoms with Gasteiger partial charge in [0.15, 0.2) is 0 Å². The maximum atomic E-state index is 6.13. The molecule has 6 heteroatoms. The maximum absolute atomic E-state index is 6.13. The van der Waals surface area contributed by atoms with Crippen LogP contribution < -0.4 is 10.2 Å². The van der Waals surface area contributed by atoms with Crippen LogP contribution in [0.5, 0.6) is 5.75 Å². The van der Waals surface area contributed by atoms with Crippen molar-refractivity contribution in [1.29, 1.82) is 0 Å². The van der Waals surface area contributed by atoms with Crippen molar-refractivity contribution in [3.05, 3.63) is 36.2 Å². The molecule has 2 aromatic rings. The van der Waals surface area contributed by atoms with Gasteiger partial charge >= 0.3 is 7.12 Å². The van der Waals surface area contributed by atoms with Gasteiger partial charge in [-0.3, -0.25) is 0 Å². The summed E-state index contributed by atoms with van der Waals surface area (Å²) in [6.07, 6.45) is 1.95. The summed E-state index contributed by atoms with van der Waals surface area (Å²) in [5.74, 6) is 0.774. The van der Waals surface area contributed by atoms with Gasteiger partial charge < -0.3 is 14.0 Å². The molecule has 1 aliphatic heterocycles. The third-order valence-corrected chi connectivity index (χ3v) is 4.78. The first-order chi connectivity index (χ1) is 10.7. The summed E-state index contributed by atoms with van der Waals surface area (Å²) in [6.45, 7) is 10.2. The maximum Gasteiger partial charge on any atom is 0.498 e. The number of ether oxygens (including phenoxy) is 1. The van der Waals surface area contributed by atoms with E-state index in [-0.39, 0.29) is 11.2 Å². The Morgan fingerprint density at radius 1 is 1.09 bits per heavy atom. The number of hydrogen-bond donors (Lipinski definition) is 0. The lowest BCUT2D eigenvalue weighted by Crippen LogP contribution is -2.41. The number of hydrogen-bond acceptors (Lipinski definition) is 4. The summed E-state index contributed by atoms with van der Waals surface area (Å²) in [7, 11) is 1.24. The summed E-state index contributed by atoms with van der Waals surface area (Å²) < 4.78 is 19.5. The average Bonchev–Trinajstić information content (AvgIpc) is 2.96. The monoisotopic (exact) mass is 314 g/mol. The molecule has 1 aromatic heterocycles. The Kier molecular flexibility index (Phi) is 3.77. The van der Waals surface area contributed by atoms with Gasteiger partial charge in [0.1, 0.15) is 11.4 Å². The van der Waals surface area contributed by atoms with Gasteiger partial charge in [0, 0.05) is 11.7 Å². The SMILES string of the molecule is COc1ccccc1-n1cc(B2OC(C)(C)C(C)(C)O2)c(C)n1. The second kappa shape index (κ2) is 5.39. The molecule has 0 bridgehead atoms. The summed E-state index contributed by atoms with van der Waals surface area (Å²) in [6, 6.07) is 7.79. The highest BCUT2D eigenvalue weighted by molar-refractivity contribution is 6.62. The van der Waals surface area contributed by atoms with Crippen LogP contribution in [0.1, 0.15) is 33.4 Å². The molecule has 0 aliphatic carbocycles. The smallest absolute Gasteiger partial charge is 0.494 e. The van der Waals surface area contributed by atoms with Gasteiger partial charge in [0.2, 0.25) is 0 Å². The van der Waals surface area contributed by atoms with Gasteiger partial charge in [-0.1, -0.05) is 12.1 Å². The standard InChI is InChI=1S/C17H23BN2O3/c1-12-13(18-22-16(2,3)17(4,5)23-18)11-20(19-12)14-9-7-8-10-15(14)21-6/h7-11H,1-6H3. The number of aryl methyl sites for hydroxylation is 1. The van der Waals surface area contributed by atoms with E-state index in [2.05, 4.69) is 5.10 Å². The number of rotatable bonds is 3. The molecule has 1 saturated heterocycles. The van der Waals surface area contributed by atoms with Crippen LogP contribution >= 0.6 is 0 Å². The molecular formula is C17H23BN2O3. The van der Waals surface area contributed by atoms with Crippen molar-refractivity contribution in [2.45, 2.75) is 45.8 Å². The molecule has 3 rings (SSSR count). The second-order valence-electron chi connectivity index (χ2n) is 6.87. The first-order valence-corrected chi connectivity index (χ1v) is 7.80. The van der Waals surface area contributed by atoms with Crippen molar-refractivity contribution in [2.24, 2.45) is 0 Å². The Hall–Kier alpha value is -1.79. The molecular weight excluding hydrogens is 291 g/mol. The summed E-state index contributed by atoms with van der Waals surface area (Å²) in [5.41, 5.74) is 1.98. The zero-order chi connectivity index (χ0) is 16.8. The van der Waals surface area contributed by atoms with Gasteiger partial charge in [-0.2, -0.15) is 5.10 Å². The van der Waals surface area contributed by atoms with Gasteiger partial charge in [-0.15, -0.1) is 0 Å². The molecule has 0 atom stereocenters. The van der Waals surface area contributed by atoms with E-state index in [1.165, 1.54) is 0 Å². The van der Waals surface area contributed by atoms with Gasteiger partial charge in [-0.25, -0.2) is 4.68 Å². The van der Waals surface area contributed by atoms with Gasteiger partial charge in [0.25, 0.3) is 0 Å². The van der Waals surface area contributed by atoms with E-state index >= 15 is 0 Å². The van der Waals surface area contributed by atoms with Crippen molar-refractivity contribution in [3.63, 3.8) is 0 Å². The third kappa shape index (κ3) is 2.66. The summed E-state index contributed by atoms with van der Waals surface area (Å²) >= 11 is 0. The fraction of sp³-hybridized carbons (Fsp3) is 0.471. The number of aromatic nitrogens is 2. The van der Waals surface area contributed by atoms with Crippen LogP contribution in [0.15, 0.2) is 30.5 Å². The normalized spacial score (nSPS) is 19.1. The van der Waals surface area contributed by atoms with Crippen LogP contribution in [0.3, 0.4) is 0 Å². The van der Waals surface area contributed by atoms with E-state index < -0.39 is 7.12 Å². The van der Waals surface area contributed by atoms with E-state index in [1.807, 2.05) is 69.8 Å². The molecule has 1 fully saturated rings. The molecule has 1 aromatic carbocycles. The highest BCUT2D eigenvalue weighted by atomic mass is 16.7. The third-order valence-electron chi connectivity index (χ3n) is 4.78. The molecule has 2 heterocycles. The minimum atomic E-state index is -0.413. The van der Waals surface area contributed by atoms with Crippen LogP contribution in [-0.2, 0) is 9.31 Å². The molecule has 122 valence electrons. The second-order valence-corrected chi connectivity index (χ2v) is 6.87. The number of nitrogens with zero attached hydrogens (tertiary/aromatic N) is 2. The Bertz CT molecular complexity index is 708. The van der Waals surface area contributed by atoms with Gasteiger partial charge in [0.05, 0.1) is 24.0 Å². The highest BCUT2D eigenvalue weighted by Crippen LogP contribution is 2.36.